The second-order valence-electron chi connectivity index (χ2n) is 9.10. The molecule has 2 saturated carbocycles. The van der Waals surface area contributed by atoms with Crippen LogP contribution in [-0.4, -0.2) is 67.5 Å². The molecule has 0 aromatic carbocycles. The van der Waals surface area contributed by atoms with Gasteiger partial charge in [-0.2, -0.15) is 0 Å². The van der Waals surface area contributed by atoms with Crippen LogP contribution in [0.3, 0.4) is 0 Å². The molecule has 1 unspecified atom stereocenters. The summed E-state index contributed by atoms with van der Waals surface area (Å²) in [4.78, 5) is 14.6. The van der Waals surface area contributed by atoms with E-state index in [1.807, 2.05) is 4.90 Å². The van der Waals surface area contributed by atoms with E-state index in [1.54, 1.807) is 4.31 Å². The molecule has 2 aliphatic heterocycles. The molecule has 0 spiro atoms. The second kappa shape index (κ2) is 9.63. The Bertz CT molecular complexity index is 627. The third-order valence-corrected chi connectivity index (χ3v) is 9.33. The number of carbonyl (C=O) groups excluding carboxylic acids is 1. The number of amides is 1. The van der Waals surface area contributed by atoms with Gasteiger partial charge in [0.2, 0.25) is 15.9 Å². The number of nitrogens with zero attached hydrogens (tertiary/aromatic N) is 2. The highest BCUT2D eigenvalue weighted by Gasteiger charge is 2.39. The summed E-state index contributed by atoms with van der Waals surface area (Å²) >= 11 is 0. The Morgan fingerprint density at radius 2 is 1.57 bits per heavy atom. The summed E-state index contributed by atoms with van der Waals surface area (Å²) in [6.07, 6.45) is 10.2. The summed E-state index contributed by atoms with van der Waals surface area (Å²) in [7, 11) is -3.31. The molecule has 1 N–H and O–H groups in total. The zero-order valence-electron chi connectivity index (χ0n) is 16.9. The molecule has 4 fully saturated rings. The summed E-state index contributed by atoms with van der Waals surface area (Å²) in [5.74, 6) is 1.20. The van der Waals surface area contributed by atoms with Crippen molar-refractivity contribution in [2.24, 2.45) is 11.8 Å². The molecular formula is C20H36ClN3O3S. The molecule has 0 aromatic rings. The van der Waals surface area contributed by atoms with E-state index in [-0.39, 0.29) is 24.2 Å². The lowest BCUT2D eigenvalue weighted by molar-refractivity contribution is -0.136. The first-order chi connectivity index (χ1) is 13.0. The van der Waals surface area contributed by atoms with E-state index in [2.05, 4.69) is 5.32 Å². The first-order valence-electron chi connectivity index (χ1n) is 11.0. The predicted molar refractivity (Wildman–Crippen MR) is 113 cm³/mol. The summed E-state index contributed by atoms with van der Waals surface area (Å²) in [6.45, 7) is 3.47. The minimum atomic E-state index is -3.31. The standard InChI is InChI=1S/C20H35N3O3S.ClH/c24-20(17-4-1-2-5-17)22-11-3-6-19(15-22)27(25,26)23-12-9-18(10-13-23)21-14-16-7-8-16;/h16-19,21H,1-15H2;1H. The maximum absolute atomic E-state index is 13.2. The largest absolute Gasteiger partial charge is 0.341 e. The van der Waals surface area contributed by atoms with Crippen molar-refractivity contribution in [3.05, 3.63) is 0 Å². The topological polar surface area (TPSA) is 69.7 Å². The number of hydrogen-bond acceptors (Lipinski definition) is 4. The molecule has 2 saturated heterocycles. The average Bonchev–Trinajstić information content (AvgIpc) is 3.37. The number of likely N-dealkylation sites (tertiary alicyclic amines) is 1. The third kappa shape index (κ3) is 5.21. The number of sulfonamides is 1. The highest BCUT2D eigenvalue weighted by atomic mass is 35.5. The Labute approximate surface area is 176 Å². The summed E-state index contributed by atoms with van der Waals surface area (Å²) in [5.41, 5.74) is 0. The fraction of sp³-hybridized carbons (Fsp3) is 0.950. The number of halogens is 1. The Morgan fingerprint density at radius 1 is 0.893 bits per heavy atom. The Balaban J connectivity index is 0.00000225. The van der Waals surface area contributed by atoms with Gasteiger partial charge in [0, 0.05) is 38.1 Å². The summed E-state index contributed by atoms with van der Waals surface area (Å²) in [5, 5.41) is 3.20. The van der Waals surface area contributed by atoms with E-state index < -0.39 is 15.3 Å². The molecule has 0 radical (unpaired) electrons. The smallest absolute Gasteiger partial charge is 0.225 e. The van der Waals surface area contributed by atoms with Gasteiger partial charge in [-0.15, -0.1) is 12.4 Å². The van der Waals surface area contributed by atoms with Gasteiger partial charge < -0.3 is 10.2 Å². The fourth-order valence-electron chi connectivity index (χ4n) is 4.99. The zero-order valence-corrected chi connectivity index (χ0v) is 18.5. The van der Waals surface area contributed by atoms with Crippen molar-refractivity contribution >= 4 is 28.3 Å². The number of hydrogen-bond donors (Lipinski definition) is 1. The van der Waals surface area contributed by atoms with Crippen LogP contribution in [0.5, 0.6) is 0 Å². The lowest BCUT2D eigenvalue weighted by Gasteiger charge is -2.38. The number of nitrogens with one attached hydrogen (secondary N) is 1. The lowest BCUT2D eigenvalue weighted by atomic mass is 10.0. The molecule has 162 valence electrons. The van der Waals surface area contributed by atoms with Crippen molar-refractivity contribution in [1.82, 2.24) is 14.5 Å². The quantitative estimate of drug-likeness (QED) is 0.698. The van der Waals surface area contributed by atoms with Crippen LogP contribution in [0, 0.1) is 11.8 Å². The van der Waals surface area contributed by atoms with Crippen molar-refractivity contribution in [3.8, 4) is 0 Å². The normalized spacial score (nSPS) is 28.3. The average molecular weight is 434 g/mol. The van der Waals surface area contributed by atoms with Gasteiger partial charge >= 0.3 is 0 Å². The Morgan fingerprint density at radius 3 is 2.21 bits per heavy atom. The van der Waals surface area contributed by atoms with Gasteiger partial charge in [0.25, 0.3) is 0 Å². The van der Waals surface area contributed by atoms with Crippen LogP contribution in [0.4, 0.5) is 0 Å². The highest BCUT2D eigenvalue weighted by molar-refractivity contribution is 7.89. The van der Waals surface area contributed by atoms with Crippen molar-refractivity contribution in [2.75, 3.05) is 32.7 Å². The predicted octanol–water partition coefficient (Wildman–Crippen LogP) is 2.38. The van der Waals surface area contributed by atoms with E-state index in [4.69, 9.17) is 0 Å². The van der Waals surface area contributed by atoms with Gasteiger partial charge in [-0.3, -0.25) is 4.79 Å². The van der Waals surface area contributed by atoms with Gasteiger partial charge in [0.15, 0.2) is 0 Å². The van der Waals surface area contributed by atoms with Gasteiger partial charge in [0.1, 0.15) is 0 Å². The van der Waals surface area contributed by atoms with Gasteiger partial charge in [-0.05, 0) is 63.8 Å². The van der Waals surface area contributed by atoms with Gasteiger partial charge in [-0.25, -0.2) is 12.7 Å². The highest BCUT2D eigenvalue weighted by Crippen LogP contribution is 2.30. The zero-order chi connectivity index (χ0) is 18.9. The first kappa shape index (κ1) is 22.3. The SMILES string of the molecule is Cl.O=C(C1CCCC1)N1CCCC(S(=O)(=O)N2CCC(NCC3CC3)CC2)C1. The monoisotopic (exact) mass is 433 g/mol. The maximum atomic E-state index is 13.2. The molecule has 28 heavy (non-hydrogen) atoms. The van der Waals surface area contributed by atoms with Crippen LogP contribution >= 0.6 is 12.4 Å². The van der Waals surface area contributed by atoms with E-state index in [0.29, 0.717) is 32.1 Å². The minimum Gasteiger partial charge on any atom is -0.341 e. The van der Waals surface area contributed by atoms with E-state index >= 15 is 0 Å². The molecule has 4 aliphatic rings. The van der Waals surface area contributed by atoms with Gasteiger partial charge in [-0.1, -0.05) is 12.8 Å². The molecule has 6 nitrogen and oxygen atoms in total. The molecular weight excluding hydrogens is 398 g/mol. The molecule has 0 bridgehead atoms. The number of piperidine rings is 2. The van der Waals surface area contributed by atoms with Crippen LogP contribution in [-0.2, 0) is 14.8 Å². The summed E-state index contributed by atoms with van der Waals surface area (Å²) in [6, 6.07) is 0.462. The Kier molecular flexibility index (Phi) is 7.67. The van der Waals surface area contributed by atoms with Crippen LogP contribution < -0.4 is 5.32 Å². The van der Waals surface area contributed by atoms with Crippen LogP contribution in [0.25, 0.3) is 0 Å². The minimum absolute atomic E-state index is 0. The van der Waals surface area contributed by atoms with E-state index in [1.165, 1.54) is 12.8 Å². The van der Waals surface area contributed by atoms with Crippen molar-refractivity contribution < 1.29 is 13.2 Å². The van der Waals surface area contributed by atoms with Gasteiger partial charge in [0.05, 0.1) is 5.25 Å². The first-order valence-corrected chi connectivity index (χ1v) is 12.6. The molecule has 8 heteroatoms. The van der Waals surface area contributed by atoms with Crippen molar-refractivity contribution in [2.45, 2.75) is 75.5 Å². The number of rotatable bonds is 6. The second-order valence-corrected chi connectivity index (χ2v) is 11.3. The molecule has 0 aromatic heterocycles. The van der Waals surface area contributed by atoms with Crippen molar-refractivity contribution in [1.29, 1.82) is 0 Å². The molecule has 1 atom stereocenters. The summed E-state index contributed by atoms with van der Waals surface area (Å²) < 4.78 is 28.1. The van der Waals surface area contributed by atoms with Crippen molar-refractivity contribution in [3.63, 3.8) is 0 Å². The fourth-order valence-corrected chi connectivity index (χ4v) is 6.97. The number of carbonyl (C=O) groups is 1. The molecule has 2 aliphatic carbocycles. The van der Waals surface area contributed by atoms with Crippen LogP contribution in [0.15, 0.2) is 0 Å². The third-order valence-electron chi connectivity index (χ3n) is 7.02. The van der Waals surface area contributed by atoms with E-state index in [0.717, 1.165) is 64.0 Å². The lowest BCUT2D eigenvalue weighted by Crippen LogP contribution is -2.53. The van der Waals surface area contributed by atoms with E-state index in [9.17, 15) is 13.2 Å². The maximum Gasteiger partial charge on any atom is 0.225 e. The molecule has 2 heterocycles. The molecule has 1 amide bonds. The Hall–Kier alpha value is -0.370. The van der Waals surface area contributed by atoms with Crippen LogP contribution in [0.2, 0.25) is 0 Å². The molecule has 4 rings (SSSR count). The van der Waals surface area contributed by atoms with Crippen LogP contribution in [0.1, 0.15) is 64.2 Å².